The van der Waals surface area contributed by atoms with Crippen LogP contribution in [0.25, 0.3) is 0 Å². The smallest absolute Gasteiger partial charge is 0.0659 e. The molecule has 2 rings (SSSR count). The van der Waals surface area contributed by atoms with E-state index in [2.05, 4.69) is 42.8 Å². The number of halogens is 1. The molecule has 0 aromatic carbocycles. The molecule has 0 amide bonds. The molecule has 2 aliphatic rings. The van der Waals surface area contributed by atoms with Crippen LogP contribution in [0, 0.1) is 17.3 Å². The lowest BCUT2D eigenvalue weighted by Gasteiger charge is -2.50. The standard InChI is InChI=1S/C15H25BrO/c1-10(2)9-11-5-7-14(3)12(16)6-8-15(4,17)13(11)14/h9,11-13,17H,5-8H2,1-4H3/t11-,12+,13+,14-,15-/m1/s1. The van der Waals surface area contributed by atoms with Crippen LogP contribution in [0.3, 0.4) is 0 Å². The summed E-state index contributed by atoms with van der Waals surface area (Å²) < 4.78 is 0. The first-order chi connectivity index (χ1) is 7.77. The van der Waals surface area contributed by atoms with E-state index in [-0.39, 0.29) is 5.41 Å². The predicted molar refractivity (Wildman–Crippen MR) is 76.3 cm³/mol. The quantitative estimate of drug-likeness (QED) is 0.566. The average Bonchev–Trinajstić information content (AvgIpc) is 2.52. The van der Waals surface area contributed by atoms with Crippen molar-refractivity contribution in [2.45, 2.75) is 63.8 Å². The zero-order valence-corrected chi connectivity index (χ0v) is 13.0. The summed E-state index contributed by atoms with van der Waals surface area (Å²) >= 11 is 3.86. The average molecular weight is 301 g/mol. The van der Waals surface area contributed by atoms with Gasteiger partial charge in [0.25, 0.3) is 0 Å². The van der Waals surface area contributed by atoms with Crippen molar-refractivity contribution >= 4 is 15.9 Å². The Balaban J connectivity index is 2.35. The van der Waals surface area contributed by atoms with E-state index >= 15 is 0 Å². The fraction of sp³-hybridized carbons (Fsp3) is 0.867. The van der Waals surface area contributed by atoms with Crippen LogP contribution in [-0.4, -0.2) is 15.5 Å². The Morgan fingerprint density at radius 2 is 1.88 bits per heavy atom. The Morgan fingerprint density at radius 1 is 1.24 bits per heavy atom. The first kappa shape index (κ1) is 13.6. The van der Waals surface area contributed by atoms with Crippen LogP contribution in [0.1, 0.15) is 53.4 Å². The van der Waals surface area contributed by atoms with Crippen molar-refractivity contribution in [2.75, 3.05) is 0 Å². The highest BCUT2D eigenvalue weighted by Crippen LogP contribution is 2.60. The summed E-state index contributed by atoms with van der Waals surface area (Å²) in [5, 5.41) is 10.8. The number of hydrogen-bond donors (Lipinski definition) is 1. The lowest BCUT2D eigenvalue weighted by atomic mass is 9.60. The molecule has 17 heavy (non-hydrogen) atoms. The van der Waals surface area contributed by atoms with Crippen molar-refractivity contribution in [1.82, 2.24) is 0 Å². The van der Waals surface area contributed by atoms with Crippen LogP contribution in [0.2, 0.25) is 0 Å². The predicted octanol–water partition coefficient (Wildman–Crippen LogP) is 4.29. The number of rotatable bonds is 1. The minimum absolute atomic E-state index is 0.262. The molecule has 0 radical (unpaired) electrons. The van der Waals surface area contributed by atoms with E-state index in [1.165, 1.54) is 18.4 Å². The van der Waals surface area contributed by atoms with Crippen molar-refractivity contribution in [2.24, 2.45) is 17.3 Å². The van der Waals surface area contributed by atoms with Crippen LogP contribution in [0.5, 0.6) is 0 Å². The normalized spacial score (nSPS) is 49.9. The molecule has 1 N–H and O–H groups in total. The van der Waals surface area contributed by atoms with Gasteiger partial charge in [0.2, 0.25) is 0 Å². The van der Waals surface area contributed by atoms with Gasteiger partial charge in [0.15, 0.2) is 0 Å². The number of alkyl halides is 1. The highest BCUT2D eigenvalue weighted by atomic mass is 79.9. The molecule has 0 spiro atoms. The summed E-state index contributed by atoms with van der Waals surface area (Å²) in [5.41, 5.74) is 1.15. The van der Waals surface area contributed by atoms with Gasteiger partial charge in [-0.05, 0) is 57.8 Å². The molecule has 0 aromatic heterocycles. The minimum atomic E-state index is -0.494. The third-order valence-corrected chi connectivity index (χ3v) is 6.50. The van der Waals surface area contributed by atoms with E-state index in [9.17, 15) is 5.11 Å². The van der Waals surface area contributed by atoms with E-state index in [1.54, 1.807) is 0 Å². The molecule has 98 valence electrons. The molecule has 2 saturated carbocycles. The van der Waals surface area contributed by atoms with E-state index in [4.69, 9.17) is 0 Å². The van der Waals surface area contributed by atoms with E-state index in [1.807, 2.05) is 6.92 Å². The monoisotopic (exact) mass is 300 g/mol. The molecule has 5 atom stereocenters. The van der Waals surface area contributed by atoms with E-state index in [0.29, 0.717) is 16.7 Å². The molecule has 0 bridgehead atoms. The molecule has 0 saturated heterocycles. The topological polar surface area (TPSA) is 20.2 Å². The van der Waals surface area contributed by atoms with Crippen molar-refractivity contribution < 1.29 is 5.11 Å². The van der Waals surface area contributed by atoms with Crippen LogP contribution in [0.4, 0.5) is 0 Å². The van der Waals surface area contributed by atoms with Crippen molar-refractivity contribution in [3.63, 3.8) is 0 Å². The Hall–Kier alpha value is 0.180. The van der Waals surface area contributed by atoms with Gasteiger partial charge in [0.1, 0.15) is 0 Å². The van der Waals surface area contributed by atoms with Gasteiger partial charge < -0.3 is 5.11 Å². The van der Waals surface area contributed by atoms with Crippen LogP contribution in [0.15, 0.2) is 11.6 Å². The number of fused-ring (bicyclic) bond motifs is 1. The number of aliphatic hydroxyl groups is 1. The largest absolute Gasteiger partial charge is 0.390 e. The van der Waals surface area contributed by atoms with Gasteiger partial charge in [0, 0.05) is 10.7 Å². The van der Waals surface area contributed by atoms with Crippen LogP contribution in [-0.2, 0) is 0 Å². The molecule has 2 heteroatoms. The van der Waals surface area contributed by atoms with Crippen LogP contribution >= 0.6 is 15.9 Å². The SMILES string of the molecule is CC(C)=C[C@H]1CC[C@]2(C)[C@@H](Br)CC[C@@](C)(O)[C@@H]12. The van der Waals surface area contributed by atoms with Crippen molar-refractivity contribution in [3.05, 3.63) is 11.6 Å². The summed E-state index contributed by atoms with van der Waals surface area (Å²) in [5.74, 6) is 0.961. The van der Waals surface area contributed by atoms with E-state index < -0.39 is 5.60 Å². The Bertz CT molecular complexity index is 330. The van der Waals surface area contributed by atoms with Gasteiger partial charge >= 0.3 is 0 Å². The lowest BCUT2D eigenvalue weighted by Crippen LogP contribution is -2.52. The maximum absolute atomic E-state index is 10.8. The second kappa shape index (κ2) is 4.38. The van der Waals surface area contributed by atoms with Gasteiger partial charge in [-0.2, -0.15) is 0 Å². The summed E-state index contributed by atoms with van der Waals surface area (Å²) in [7, 11) is 0. The van der Waals surface area contributed by atoms with Gasteiger partial charge in [-0.1, -0.05) is 34.5 Å². The molecule has 2 fully saturated rings. The van der Waals surface area contributed by atoms with E-state index in [0.717, 1.165) is 12.8 Å². The zero-order chi connectivity index (χ0) is 12.8. The maximum Gasteiger partial charge on any atom is 0.0659 e. The second-order valence-electron chi connectivity index (χ2n) is 6.79. The highest BCUT2D eigenvalue weighted by molar-refractivity contribution is 9.09. The van der Waals surface area contributed by atoms with Crippen molar-refractivity contribution in [3.8, 4) is 0 Å². The third kappa shape index (κ3) is 2.23. The first-order valence-corrected chi connectivity index (χ1v) is 7.70. The van der Waals surface area contributed by atoms with Crippen molar-refractivity contribution in [1.29, 1.82) is 0 Å². The molecule has 0 heterocycles. The first-order valence-electron chi connectivity index (χ1n) is 6.79. The minimum Gasteiger partial charge on any atom is -0.390 e. The fourth-order valence-corrected chi connectivity index (χ4v) is 5.07. The van der Waals surface area contributed by atoms with Crippen LogP contribution < -0.4 is 0 Å². The molecule has 0 aromatic rings. The fourth-order valence-electron chi connectivity index (χ4n) is 4.32. The van der Waals surface area contributed by atoms with Gasteiger partial charge in [0.05, 0.1) is 5.60 Å². The molecular weight excluding hydrogens is 276 g/mol. The number of allylic oxidation sites excluding steroid dienone is 2. The highest BCUT2D eigenvalue weighted by Gasteiger charge is 2.57. The lowest BCUT2D eigenvalue weighted by molar-refractivity contribution is -0.0866. The molecule has 1 nitrogen and oxygen atoms in total. The second-order valence-corrected chi connectivity index (χ2v) is 7.90. The summed E-state index contributed by atoms with van der Waals surface area (Å²) in [6, 6.07) is 0. The van der Waals surface area contributed by atoms with Gasteiger partial charge in [-0.3, -0.25) is 0 Å². The van der Waals surface area contributed by atoms with Gasteiger partial charge in [-0.15, -0.1) is 0 Å². The summed E-state index contributed by atoms with van der Waals surface area (Å²) in [6.07, 6.45) is 6.87. The Morgan fingerprint density at radius 3 is 2.47 bits per heavy atom. The Kier molecular flexibility index (Phi) is 3.51. The summed E-state index contributed by atoms with van der Waals surface area (Å²) in [4.78, 5) is 0.566. The van der Waals surface area contributed by atoms with Gasteiger partial charge in [-0.25, -0.2) is 0 Å². The maximum atomic E-state index is 10.8. The molecule has 0 aliphatic heterocycles. The summed E-state index contributed by atoms with van der Waals surface area (Å²) in [6.45, 7) is 8.74. The number of hydrogen-bond acceptors (Lipinski definition) is 1. The molecular formula is C15H25BrO. The molecule has 2 aliphatic carbocycles. The third-order valence-electron chi connectivity index (χ3n) is 4.99. The Labute approximate surface area is 114 Å². The zero-order valence-electron chi connectivity index (χ0n) is 11.5. The molecule has 0 unspecified atom stereocenters.